The van der Waals surface area contributed by atoms with Gasteiger partial charge in [0, 0.05) is 24.0 Å². The maximum Gasteiger partial charge on any atom is 0.271 e. The molecule has 0 unspecified atom stereocenters. The first-order valence-corrected chi connectivity index (χ1v) is 8.25. The number of nitrogens with one attached hydrogen (secondary N) is 1. The summed E-state index contributed by atoms with van der Waals surface area (Å²) in [5.41, 5.74) is 1.69. The molecule has 0 fully saturated rings. The Morgan fingerprint density at radius 3 is 2.63 bits per heavy atom. The van der Waals surface area contributed by atoms with Crippen molar-refractivity contribution in [2.45, 2.75) is 13.5 Å². The predicted octanol–water partition coefficient (Wildman–Crippen LogP) is 3.37. The number of non-ortho nitro benzene ring substituents is 1. The number of nitro benzene ring substituents is 1. The molecule has 27 heavy (non-hydrogen) atoms. The first-order valence-electron chi connectivity index (χ1n) is 8.25. The lowest BCUT2D eigenvalue weighted by atomic mass is 10.1. The number of rotatable bonds is 5. The zero-order valence-corrected chi connectivity index (χ0v) is 14.6. The SMILES string of the molecule is Cc1cccc(Cn2cccc(C(=O)Nc3cccc([N+](=O)[O-])c3)c2=O)c1. The Labute approximate surface area is 155 Å². The van der Waals surface area contributed by atoms with Gasteiger partial charge in [0.15, 0.2) is 0 Å². The van der Waals surface area contributed by atoms with E-state index in [0.29, 0.717) is 6.54 Å². The molecule has 7 heteroatoms. The zero-order valence-electron chi connectivity index (χ0n) is 14.6. The van der Waals surface area contributed by atoms with Crippen LogP contribution in [-0.2, 0) is 6.54 Å². The van der Waals surface area contributed by atoms with Crippen LogP contribution in [0.3, 0.4) is 0 Å². The molecule has 0 bridgehead atoms. The van der Waals surface area contributed by atoms with Crippen molar-refractivity contribution in [3.63, 3.8) is 0 Å². The Morgan fingerprint density at radius 2 is 1.89 bits per heavy atom. The highest BCUT2D eigenvalue weighted by atomic mass is 16.6. The third-order valence-electron chi connectivity index (χ3n) is 4.02. The molecule has 0 aliphatic heterocycles. The highest BCUT2D eigenvalue weighted by Crippen LogP contribution is 2.17. The summed E-state index contributed by atoms with van der Waals surface area (Å²) < 4.78 is 1.46. The molecule has 0 saturated heterocycles. The monoisotopic (exact) mass is 363 g/mol. The van der Waals surface area contributed by atoms with Crippen LogP contribution >= 0.6 is 0 Å². The summed E-state index contributed by atoms with van der Waals surface area (Å²) in [4.78, 5) is 35.4. The quantitative estimate of drug-likeness (QED) is 0.555. The van der Waals surface area contributed by atoms with Crippen molar-refractivity contribution in [2.75, 3.05) is 5.32 Å². The van der Waals surface area contributed by atoms with Gasteiger partial charge in [0.05, 0.1) is 11.5 Å². The van der Waals surface area contributed by atoms with Gasteiger partial charge in [-0.15, -0.1) is 0 Å². The first-order chi connectivity index (χ1) is 12.9. The smallest absolute Gasteiger partial charge is 0.271 e. The summed E-state index contributed by atoms with van der Waals surface area (Å²) in [6, 6.07) is 16.4. The molecule has 0 radical (unpaired) electrons. The summed E-state index contributed by atoms with van der Waals surface area (Å²) in [6.07, 6.45) is 1.62. The number of hydrogen-bond donors (Lipinski definition) is 1. The first kappa shape index (κ1) is 18.1. The minimum atomic E-state index is -0.612. The summed E-state index contributed by atoms with van der Waals surface area (Å²) >= 11 is 0. The molecule has 0 aliphatic rings. The van der Waals surface area contributed by atoms with Crippen molar-refractivity contribution in [1.29, 1.82) is 0 Å². The van der Waals surface area contributed by atoms with Crippen LogP contribution in [0.25, 0.3) is 0 Å². The number of benzene rings is 2. The van der Waals surface area contributed by atoms with Crippen LogP contribution in [0.4, 0.5) is 11.4 Å². The fourth-order valence-corrected chi connectivity index (χ4v) is 2.74. The second-order valence-corrected chi connectivity index (χ2v) is 6.11. The number of aryl methyl sites for hydroxylation is 1. The van der Waals surface area contributed by atoms with E-state index in [4.69, 9.17) is 0 Å². The molecule has 2 aromatic carbocycles. The van der Waals surface area contributed by atoms with Crippen molar-refractivity contribution in [3.05, 3.63) is 104 Å². The largest absolute Gasteiger partial charge is 0.322 e. The van der Waals surface area contributed by atoms with Gasteiger partial charge in [0.25, 0.3) is 17.2 Å². The molecule has 1 heterocycles. The molecule has 0 spiro atoms. The Hall–Kier alpha value is -3.74. The van der Waals surface area contributed by atoms with E-state index in [-0.39, 0.29) is 16.9 Å². The van der Waals surface area contributed by atoms with Crippen LogP contribution in [0.5, 0.6) is 0 Å². The van der Waals surface area contributed by atoms with Gasteiger partial charge in [-0.3, -0.25) is 19.7 Å². The molecule has 0 atom stereocenters. The maximum atomic E-state index is 12.7. The van der Waals surface area contributed by atoms with E-state index in [1.807, 2.05) is 31.2 Å². The maximum absolute atomic E-state index is 12.7. The van der Waals surface area contributed by atoms with Crippen molar-refractivity contribution in [1.82, 2.24) is 4.57 Å². The number of carbonyl (C=O) groups is 1. The fraction of sp³-hybridized carbons (Fsp3) is 0.100. The topological polar surface area (TPSA) is 94.2 Å². The predicted molar refractivity (Wildman–Crippen MR) is 102 cm³/mol. The van der Waals surface area contributed by atoms with Crippen molar-refractivity contribution in [3.8, 4) is 0 Å². The van der Waals surface area contributed by atoms with E-state index in [1.165, 1.54) is 34.9 Å². The molecule has 0 aliphatic carbocycles. The van der Waals surface area contributed by atoms with E-state index in [1.54, 1.807) is 12.3 Å². The van der Waals surface area contributed by atoms with Gasteiger partial charge < -0.3 is 9.88 Å². The van der Waals surface area contributed by atoms with Crippen LogP contribution < -0.4 is 10.9 Å². The lowest BCUT2D eigenvalue weighted by Crippen LogP contribution is -2.29. The zero-order chi connectivity index (χ0) is 19.4. The molecule has 1 N–H and O–H groups in total. The van der Waals surface area contributed by atoms with Crippen molar-refractivity contribution < 1.29 is 9.72 Å². The Balaban J connectivity index is 1.84. The third kappa shape index (κ3) is 4.27. The normalized spacial score (nSPS) is 10.4. The van der Waals surface area contributed by atoms with E-state index >= 15 is 0 Å². The summed E-state index contributed by atoms with van der Waals surface area (Å²) in [5.74, 6) is -0.612. The lowest BCUT2D eigenvalue weighted by Gasteiger charge is -2.09. The van der Waals surface area contributed by atoms with Gasteiger partial charge >= 0.3 is 0 Å². The van der Waals surface area contributed by atoms with Crippen molar-refractivity contribution in [2.24, 2.45) is 0 Å². The van der Waals surface area contributed by atoms with Crippen LogP contribution in [0.1, 0.15) is 21.5 Å². The molecule has 0 saturated carbocycles. The van der Waals surface area contributed by atoms with Gasteiger partial charge in [0.1, 0.15) is 5.56 Å². The average Bonchev–Trinajstić information content (AvgIpc) is 2.63. The summed E-state index contributed by atoms with van der Waals surface area (Å²) in [7, 11) is 0. The van der Waals surface area contributed by atoms with Gasteiger partial charge in [-0.1, -0.05) is 35.9 Å². The van der Waals surface area contributed by atoms with Gasteiger partial charge in [-0.2, -0.15) is 0 Å². The number of aromatic nitrogens is 1. The second-order valence-electron chi connectivity index (χ2n) is 6.11. The van der Waals surface area contributed by atoms with Gasteiger partial charge in [-0.05, 0) is 30.7 Å². The van der Waals surface area contributed by atoms with E-state index < -0.39 is 16.4 Å². The van der Waals surface area contributed by atoms with E-state index in [0.717, 1.165) is 11.1 Å². The lowest BCUT2D eigenvalue weighted by molar-refractivity contribution is -0.384. The number of nitro groups is 1. The number of pyridine rings is 1. The number of hydrogen-bond acceptors (Lipinski definition) is 4. The van der Waals surface area contributed by atoms with Crippen LogP contribution in [0.2, 0.25) is 0 Å². The fourth-order valence-electron chi connectivity index (χ4n) is 2.74. The van der Waals surface area contributed by atoms with Crippen LogP contribution in [0.15, 0.2) is 71.7 Å². The number of nitrogens with zero attached hydrogens (tertiary/aromatic N) is 2. The molecule has 136 valence electrons. The number of anilines is 1. The van der Waals surface area contributed by atoms with E-state index in [2.05, 4.69) is 5.32 Å². The standard InChI is InChI=1S/C20H17N3O4/c1-14-5-2-6-15(11-14)13-22-10-4-9-18(20(22)25)19(24)21-16-7-3-8-17(12-16)23(26)27/h2-12H,13H2,1H3,(H,21,24). The Bertz CT molecular complexity index is 1070. The van der Waals surface area contributed by atoms with Gasteiger partial charge in [0.2, 0.25) is 0 Å². The van der Waals surface area contributed by atoms with Crippen LogP contribution in [0, 0.1) is 17.0 Å². The van der Waals surface area contributed by atoms with E-state index in [9.17, 15) is 19.7 Å². The highest BCUT2D eigenvalue weighted by Gasteiger charge is 2.14. The van der Waals surface area contributed by atoms with Crippen LogP contribution in [-0.4, -0.2) is 15.4 Å². The summed E-state index contributed by atoms with van der Waals surface area (Å²) in [5, 5.41) is 13.4. The molecule has 3 rings (SSSR count). The molecule has 1 amide bonds. The Morgan fingerprint density at radius 1 is 1.11 bits per heavy atom. The van der Waals surface area contributed by atoms with Gasteiger partial charge in [-0.25, -0.2) is 0 Å². The second kappa shape index (κ2) is 7.65. The molecule has 1 aromatic heterocycles. The average molecular weight is 363 g/mol. The minimum absolute atomic E-state index is 0.0309. The number of carbonyl (C=O) groups excluding carboxylic acids is 1. The highest BCUT2D eigenvalue weighted by molar-refractivity contribution is 6.04. The minimum Gasteiger partial charge on any atom is -0.322 e. The van der Waals surface area contributed by atoms with Crippen molar-refractivity contribution >= 4 is 17.3 Å². The molecular formula is C20H17N3O4. The number of amides is 1. The summed E-state index contributed by atoms with van der Waals surface area (Å²) in [6.45, 7) is 2.31. The Kier molecular flexibility index (Phi) is 5.12. The third-order valence-corrected chi connectivity index (χ3v) is 4.02. The molecule has 3 aromatic rings. The molecule has 7 nitrogen and oxygen atoms in total. The molecular weight excluding hydrogens is 346 g/mol.